The quantitative estimate of drug-likeness (QED) is 0.412. The number of thiocarbonyl (C=S) groups is 1. The summed E-state index contributed by atoms with van der Waals surface area (Å²) < 4.78 is 0. The lowest BCUT2D eigenvalue weighted by Gasteiger charge is -2.20. The van der Waals surface area contributed by atoms with Gasteiger partial charge in [-0.3, -0.25) is 9.78 Å². The fourth-order valence-electron chi connectivity index (χ4n) is 3.07. The van der Waals surface area contributed by atoms with Crippen molar-refractivity contribution >= 4 is 34.6 Å². The Balaban J connectivity index is 1.49. The monoisotopic (exact) mass is 447 g/mol. The van der Waals surface area contributed by atoms with Gasteiger partial charge in [-0.2, -0.15) is 0 Å². The Hall–Kier alpha value is -3.29. The molecule has 1 unspecified atom stereocenters. The van der Waals surface area contributed by atoms with E-state index in [2.05, 4.69) is 53.8 Å². The molecule has 0 spiro atoms. The number of amides is 1. The molecule has 1 aromatic heterocycles. The first-order valence-electron chi connectivity index (χ1n) is 10.4. The molecule has 3 rings (SSSR count). The van der Waals surface area contributed by atoms with E-state index in [1.807, 2.05) is 24.3 Å². The maximum Gasteiger partial charge on any atom is 0.255 e. The first kappa shape index (κ1) is 23.4. The van der Waals surface area contributed by atoms with Crippen LogP contribution in [0.15, 0.2) is 73.1 Å². The maximum atomic E-state index is 12.4. The summed E-state index contributed by atoms with van der Waals surface area (Å²) in [4.78, 5) is 16.3. The van der Waals surface area contributed by atoms with E-state index in [4.69, 9.17) is 18.0 Å². The van der Waals surface area contributed by atoms with Crippen molar-refractivity contribution in [1.29, 1.82) is 0 Å². The third-order valence-corrected chi connectivity index (χ3v) is 5.28. The average Bonchev–Trinajstić information content (AvgIpc) is 2.78. The highest BCUT2D eigenvalue weighted by atomic mass is 32.1. The number of nitrogens with zero attached hydrogens (tertiary/aromatic N) is 1. The zero-order chi connectivity index (χ0) is 23.1. The van der Waals surface area contributed by atoms with Crippen LogP contribution in [0.25, 0.3) is 0 Å². The fourth-order valence-corrected chi connectivity index (χ4v) is 3.27. The van der Waals surface area contributed by atoms with Crippen molar-refractivity contribution in [3.05, 3.63) is 89.7 Å². The third-order valence-electron chi connectivity index (χ3n) is 5.03. The number of nitrogens with one attached hydrogen (secondary N) is 3. The van der Waals surface area contributed by atoms with Crippen LogP contribution in [-0.2, 0) is 5.41 Å². The van der Waals surface area contributed by atoms with Crippen molar-refractivity contribution < 1.29 is 4.79 Å². The lowest BCUT2D eigenvalue weighted by atomic mass is 9.87. The second-order valence-electron chi connectivity index (χ2n) is 8.58. The summed E-state index contributed by atoms with van der Waals surface area (Å²) in [6, 6.07) is 18.7. The Morgan fingerprint density at radius 2 is 1.53 bits per heavy atom. The van der Waals surface area contributed by atoms with E-state index < -0.39 is 0 Å². The lowest BCUT2D eigenvalue weighted by molar-refractivity contribution is 0.102. The Bertz CT molecular complexity index is 1040. The van der Waals surface area contributed by atoms with Crippen molar-refractivity contribution in [2.24, 2.45) is 5.73 Å². The molecule has 5 N–H and O–H groups in total. The summed E-state index contributed by atoms with van der Waals surface area (Å²) in [6.45, 7) is 7.02. The van der Waals surface area contributed by atoms with Crippen LogP contribution in [0, 0.1) is 0 Å². The van der Waals surface area contributed by atoms with E-state index in [-0.39, 0.29) is 17.4 Å². The smallest absolute Gasteiger partial charge is 0.255 e. The summed E-state index contributed by atoms with van der Waals surface area (Å²) in [5.41, 5.74) is 10.8. The molecule has 6 nitrogen and oxygen atoms in total. The molecule has 0 aliphatic rings. The predicted molar refractivity (Wildman–Crippen MR) is 135 cm³/mol. The highest BCUT2D eigenvalue weighted by Crippen LogP contribution is 2.23. The van der Waals surface area contributed by atoms with Crippen LogP contribution in [0.1, 0.15) is 48.3 Å². The highest BCUT2D eigenvalue weighted by Gasteiger charge is 2.13. The molecule has 32 heavy (non-hydrogen) atoms. The number of benzene rings is 2. The van der Waals surface area contributed by atoms with E-state index in [1.165, 1.54) is 5.56 Å². The van der Waals surface area contributed by atoms with Crippen molar-refractivity contribution in [3.63, 3.8) is 0 Å². The molecule has 0 aliphatic heterocycles. The maximum absolute atomic E-state index is 12.4. The summed E-state index contributed by atoms with van der Waals surface area (Å²) in [6.07, 6.45) is 3.26. The molecule has 0 saturated heterocycles. The summed E-state index contributed by atoms with van der Waals surface area (Å²) in [5, 5.41) is 9.68. The van der Waals surface area contributed by atoms with Gasteiger partial charge in [-0.15, -0.1) is 0 Å². The molecule has 1 heterocycles. The van der Waals surface area contributed by atoms with Crippen molar-refractivity contribution in [3.8, 4) is 0 Å². The minimum Gasteiger partial charge on any atom is -0.361 e. The number of hydrogen-bond donors (Lipinski definition) is 4. The number of anilines is 2. The van der Waals surface area contributed by atoms with E-state index in [9.17, 15) is 4.79 Å². The zero-order valence-corrected chi connectivity index (χ0v) is 19.4. The molecule has 1 amide bonds. The van der Waals surface area contributed by atoms with Gasteiger partial charge in [0, 0.05) is 41.9 Å². The Labute approximate surface area is 194 Å². The number of aromatic nitrogens is 1. The molecule has 0 aliphatic carbocycles. The molecule has 7 heteroatoms. The predicted octanol–water partition coefficient (Wildman–Crippen LogP) is 4.62. The summed E-state index contributed by atoms with van der Waals surface area (Å²) in [5.74, 6) is -0.183. The van der Waals surface area contributed by atoms with Gasteiger partial charge in [-0.05, 0) is 65.2 Å². The molecule has 0 saturated carbocycles. The first-order valence-corrected chi connectivity index (χ1v) is 10.9. The van der Waals surface area contributed by atoms with Gasteiger partial charge in [-0.1, -0.05) is 45.0 Å². The minimum atomic E-state index is -0.268. The van der Waals surface area contributed by atoms with Gasteiger partial charge in [0.25, 0.3) is 5.91 Å². The van der Waals surface area contributed by atoms with E-state index in [1.54, 1.807) is 36.7 Å². The van der Waals surface area contributed by atoms with Crippen LogP contribution in [0.4, 0.5) is 11.4 Å². The van der Waals surface area contributed by atoms with Crippen molar-refractivity contribution in [1.82, 2.24) is 10.3 Å². The van der Waals surface area contributed by atoms with Crippen LogP contribution in [0.2, 0.25) is 0 Å². The fraction of sp³-hybridized carbons (Fsp3) is 0.240. The van der Waals surface area contributed by atoms with Gasteiger partial charge in [0.2, 0.25) is 0 Å². The van der Waals surface area contributed by atoms with Gasteiger partial charge < -0.3 is 21.7 Å². The second kappa shape index (κ2) is 10.3. The standard InChI is InChI=1S/C25H29N5OS/c1-25(2,3)19-8-10-20(11-9-19)30-24(32)28-16-22(26)17-4-6-18(7-5-17)23(31)29-21-12-14-27-15-13-21/h4-15,22H,16,26H2,1-3H3,(H,27,29,31)(H2,28,30,32). The highest BCUT2D eigenvalue weighted by molar-refractivity contribution is 7.80. The van der Waals surface area contributed by atoms with Gasteiger partial charge in [0.1, 0.15) is 0 Å². The zero-order valence-electron chi connectivity index (χ0n) is 18.6. The molecule has 1 atom stereocenters. The number of carbonyl (C=O) groups excluding carboxylic acids is 1. The van der Waals surface area contributed by atoms with Gasteiger partial charge >= 0.3 is 0 Å². The second-order valence-corrected chi connectivity index (χ2v) is 8.99. The Kier molecular flexibility index (Phi) is 7.56. The summed E-state index contributed by atoms with van der Waals surface area (Å²) >= 11 is 5.39. The van der Waals surface area contributed by atoms with Crippen LogP contribution < -0.4 is 21.7 Å². The number of carbonyl (C=O) groups is 1. The van der Waals surface area contributed by atoms with Crippen molar-refractivity contribution in [2.45, 2.75) is 32.2 Å². The number of pyridine rings is 1. The molecular weight excluding hydrogens is 418 g/mol. The summed E-state index contributed by atoms with van der Waals surface area (Å²) in [7, 11) is 0. The molecule has 166 valence electrons. The molecule has 0 radical (unpaired) electrons. The van der Waals surface area contributed by atoms with Crippen LogP contribution in [0.5, 0.6) is 0 Å². The number of rotatable bonds is 6. The van der Waals surface area contributed by atoms with E-state index >= 15 is 0 Å². The molecule has 3 aromatic rings. The minimum absolute atomic E-state index is 0.110. The number of hydrogen-bond acceptors (Lipinski definition) is 4. The average molecular weight is 448 g/mol. The topological polar surface area (TPSA) is 92.1 Å². The van der Waals surface area contributed by atoms with Crippen LogP contribution in [0.3, 0.4) is 0 Å². The van der Waals surface area contributed by atoms with Gasteiger partial charge in [-0.25, -0.2) is 0 Å². The molecular formula is C25H29N5OS. The largest absolute Gasteiger partial charge is 0.361 e. The number of nitrogens with two attached hydrogens (primary N) is 1. The first-order chi connectivity index (χ1) is 15.2. The van der Waals surface area contributed by atoms with Gasteiger partial charge in [0.05, 0.1) is 0 Å². The normalized spacial score (nSPS) is 12.0. The Morgan fingerprint density at radius 1 is 0.938 bits per heavy atom. The Morgan fingerprint density at radius 3 is 2.12 bits per heavy atom. The lowest BCUT2D eigenvalue weighted by Crippen LogP contribution is -2.34. The SMILES string of the molecule is CC(C)(C)c1ccc(NC(=S)NCC(N)c2ccc(C(=O)Nc3ccncc3)cc2)cc1. The van der Waals surface area contributed by atoms with Crippen molar-refractivity contribution in [2.75, 3.05) is 17.2 Å². The van der Waals surface area contributed by atoms with Crippen LogP contribution >= 0.6 is 12.2 Å². The van der Waals surface area contributed by atoms with Crippen LogP contribution in [-0.4, -0.2) is 22.5 Å². The van der Waals surface area contributed by atoms with Gasteiger partial charge in [0.15, 0.2) is 5.11 Å². The van der Waals surface area contributed by atoms with E-state index in [0.29, 0.717) is 22.9 Å². The molecule has 0 bridgehead atoms. The molecule has 2 aromatic carbocycles. The third kappa shape index (κ3) is 6.60. The molecule has 0 fully saturated rings. The van der Waals surface area contributed by atoms with E-state index in [0.717, 1.165) is 11.3 Å².